The lowest BCUT2D eigenvalue weighted by molar-refractivity contribution is 1.23. The molecule has 2 aromatic heterocycles. The van der Waals surface area contributed by atoms with Crippen LogP contribution in [0.25, 0.3) is 0 Å². The van der Waals surface area contributed by atoms with E-state index in [9.17, 15) is 0 Å². The first kappa shape index (κ1) is 10.0. The van der Waals surface area contributed by atoms with Crippen molar-refractivity contribution in [1.82, 2.24) is 9.36 Å². The van der Waals surface area contributed by atoms with Crippen molar-refractivity contribution < 1.29 is 0 Å². The van der Waals surface area contributed by atoms with Gasteiger partial charge < -0.3 is 0 Å². The maximum absolute atomic E-state index is 5.78. The Morgan fingerprint density at radius 1 is 1.29 bits per heavy atom. The lowest BCUT2D eigenvalue weighted by atomic mass is 10.5. The Kier molecular flexibility index (Phi) is 3.12. The fraction of sp³-hybridized carbons (Fsp3) is 0. The van der Waals surface area contributed by atoms with Crippen LogP contribution in [0.5, 0.6) is 0 Å². The normalized spacial score (nSPS) is 12.0. The van der Waals surface area contributed by atoms with Gasteiger partial charge in [-0.25, -0.2) is 9.98 Å². The summed E-state index contributed by atoms with van der Waals surface area (Å²) in [6.07, 6.45) is 1.54. The SMILES string of the molecule is Clc1ccc(N=c2ssnc2Cl)nc1. The third-order valence-corrected chi connectivity index (χ3v) is 3.73. The number of hydrogen-bond donors (Lipinski definition) is 0. The van der Waals surface area contributed by atoms with E-state index in [0.717, 1.165) is 0 Å². The van der Waals surface area contributed by atoms with Gasteiger partial charge >= 0.3 is 0 Å². The van der Waals surface area contributed by atoms with Gasteiger partial charge in [-0.05, 0) is 22.5 Å². The van der Waals surface area contributed by atoms with Gasteiger partial charge in [-0.15, -0.1) is 0 Å². The molecular weight excluding hydrogens is 261 g/mol. The fourth-order valence-corrected chi connectivity index (χ4v) is 2.85. The predicted molar refractivity (Wildman–Crippen MR) is 59.5 cm³/mol. The Bertz CT molecular complexity index is 488. The van der Waals surface area contributed by atoms with E-state index in [-0.39, 0.29) is 0 Å². The summed E-state index contributed by atoms with van der Waals surface area (Å²) >= 11 is 11.5. The van der Waals surface area contributed by atoms with E-state index in [0.29, 0.717) is 20.7 Å². The van der Waals surface area contributed by atoms with Gasteiger partial charge in [0.05, 0.1) is 5.02 Å². The lowest BCUT2D eigenvalue weighted by Gasteiger charge is -1.90. The maximum atomic E-state index is 5.78. The highest BCUT2D eigenvalue weighted by Gasteiger charge is 1.97. The van der Waals surface area contributed by atoms with Gasteiger partial charge in [-0.3, -0.25) is 0 Å². The largest absolute Gasteiger partial charge is 0.236 e. The molecule has 72 valence electrons. The second kappa shape index (κ2) is 4.35. The van der Waals surface area contributed by atoms with Gasteiger partial charge in [0.25, 0.3) is 0 Å². The summed E-state index contributed by atoms with van der Waals surface area (Å²) in [7, 11) is 2.71. The first-order valence-corrected chi connectivity index (χ1v) is 6.40. The topological polar surface area (TPSA) is 38.1 Å². The van der Waals surface area contributed by atoms with Gasteiger partial charge in [-0.1, -0.05) is 23.2 Å². The van der Waals surface area contributed by atoms with E-state index in [4.69, 9.17) is 23.2 Å². The Hall–Kier alpha value is -0.490. The number of nitrogens with zero attached hydrogens (tertiary/aromatic N) is 3. The molecule has 7 heteroatoms. The average molecular weight is 264 g/mol. The molecule has 0 spiro atoms. The van der Waals surface area contributed by atoms with Crippen LogP contribution in [-0.2, 0) is 0 Å². The van der Waals surface area contributed by atoms with Crippen molar-refractivity contribution in [2.45, 2.75) is 0 Å². The van der Waals surface area contributed by atoms with Crippen LogP contribution in [0.3, 0.4) is 0 Å². The molecule has 2 rings (SSSR count). The third-order valence-electron chi connectivity index (χ3n) is 1.34. The predicted octanol–water partition coefficient (Wildman–Crippen LogP) is 3.14. The number of halogens is 2. The van der Waals surface area contributed by atoms with Gasteiger partial charge in [0, 0.05) is 16.7 Å². The maximum Gasteiger partial charge on any atom is 0.179 e. The van der Waals surface area contributed by atoms with Gasteiger partial charge in [0.15, 0.2) is 15.6 Å². The quantitative estimate of drug-likeness (QED) is 0.742. The van der Waals surface area contributed by atoms with E-state index in [2.05, 4.69) is 14.3 Å². The molecule has 2 aromatic rings. The van der Waals surface area contributed by atoms with Crippen LogP contribution in [0, 0.1) is 0 Å². The zero-order valence-electron chi connectivity index (χ0n) is 6.65. The lowest BCUT2D eigenvalue weighted by Crippen LogP contribution is -1.93. The standard InChI is InChI=1S/C7H3Cl2N3S2/c8-4-1-2-5(10-3-4)11-7-6(9)12-14-13-7/h1-3H. The molecule has 0 aliphatic heterocycles. The van der Waals surface area contributed by atoms with Crippen molar-refractivity contribution in [3.8, 4) is 0 Å². The summed E-state index contributed by atoms with van der Waals surface area (Å²) in [5.74, 6) is 0.577. The van der Waals surface area contributed by atoms with Gasteiger partial charge in [0.1, 0.15) is 0 Å². The second-order valence-electron chi connectivity index (χ2n) is 2.29. The Morgan fingerprint density at radius 3 is 2.71 bits per heavy atom. The van der Waals surface area contributed by atoms with E-state index >= 15 is 0 Å². The van der Waals surface area contributed by atoms with Crippen molar-refractivity contribution in [3.05, 3.63) is 33.2 Å². The fourth-order valence-electron chi connectivity index (χ4n) is 0.763. The molecule has 0 N–H and O–H groups in total. The number of pyridine rings is 1. The Balaban J connectivity index is 2.44. The molecule has 0 fully saturated rings. The van der Waals surface area contributed by atoms with Crippen LogP contribution < -0.4 is 4.67 Å². The Labute approximate surface area is 97.2 Å². The summed E-state index contributed by atoms with van der Waals surface area (Å²) in [5, 5.41) is 0.999. The smallest absolute Gasteiger partial charge is 0.179 e. The molecule has 0 radical (unpaired) electrons. The highest BCUT2D eigenvalue weighted by molar-refractivity contribution is 7.66. The van der Waals surface area contributed by atoms with Crippen LogP contribution in [0.2, 0.25) is 10.2 Å². The molecule has 0 bridgehead atoms. The molecule has 0 aliphatic rings. The molecule has 3 nitrogen and oxygen atoms in total. The van der Waals surface area contributed by atoms with Crippen molar-refractivity contribution in [3.63, 3.8) is 0 Å². The van der Waals surface area contributed by atoms with Crippen LogP contribution >= 0.6 is 44.1 Å². The second-order valence-corrected chi connectivity index (χ2v) is 4.92. The molecule has 0 aromatic carbocycles. The number of rotatable bonds is 1. The molecular formula is C7H3Cl2N3S2. The minimum absolute atomic E-state index is 0.414. The molecule has 0 saturated heterocycles. The monoisotopic (exact) mass is 263 g/mol. The zero-order valence-corrected chi connectivity index (χ0v) is 9.79. The highest BCUT2D eigenvalue weighted by Crippen LogP contribution is 2.13. The molecule has 0 saturated carbocycles. The van der Waals surface area contributed by atoms with Crippen molar-refractivity contribution in [1.29, 1.82) is 0 Å². The number of hydrogen-bond acceptors (Lipinski definition) is 5. The summed E-state index contributed by atoms with van der Waals surface area (Å²) < 4.78 is 4.58. The zero-order chi connectivity index (χ0) is 9.97. The molecule has 0 atom stereocenters. The first-order valence-electron chi connectivity index (χ1n) is 3.53. The minimum atomic E-state index is 0.414. The van der Waals surface area contributed by atoms with E-state index in [1.807, 2.05) is 0 Å². The van der Waals surface area contributed by atoms with E-state index in [1.165, 1.54) is 20.9 Å². The molecule has 0 aliphatic carbocycles. The van der Waals surface area contributed by atoms with Crippen LogP contribution in [0.4, 0.5) is 5.82 Å². The summed E-state index contributed by atoms with van der Waals surface area (Å²) in [6.45, 7) is 0. The summed E-state index contributed by atoms with van der Waals surface area (Å²) in [4.78, 5) is 8.23. The highest BCUT2D eigenvalue weighted by atomic mass is 35.5. The van der Waals surface area contributed by atoms with E-state index in [1.54, 1.807) is 18.3 Å². The first-order chi connectivity index (χ1) is 6.75. The molecule has 2 heterocycles. The van der Waals surface area contributed by atoms with Crippen molar-refractivity contribution in [2.24, 2.45) is 4.99 Å². The minimum Gasteiger partial charge on any atom is -0.236 e. The summed E-state index contributed by atoms with van der Waals surface area (Å²) in [5.41, 5.74) is 0. The summed E-state index contributed by atoms with van der Waals surface area (Å²) in [6, 6.07) is 3.45. The number of aromatic nitrogens is 2. The Morgan fingerprint density at radius 2 is 2.14 bits per heavy atom. The molecule has 0 unspecified atom stereocenters. The van der Waals surface area contributed by atoms with Gasteiger partial charge in [0.2, 0.25) is 0 Å². The van der Waals surface area contributed by atoms with Crippen LogP contribution in [0.15, 0.2) is 23.3 Å². The van der Waals surface area contributed by atoms with E-state index < -0.39 is 0 Å². The van der Waals surface area contributed by atoms with Crippen molar-refractivity contribution in [2.75, 3.05) is 0 Å². The van der Waals surface area contributed by atoms with Gasteiger partial charge in [-0.2, -0.15) is 4.37 Å². The van der Waals surface area contributed by atoms with Crippen LogP contribution in [0.1, 0.15) is 0 Å². The molecule has 0 amide bonds. The third kappa shape index (κ3) is 2.30. The molecule has 14 heavy (non-hydrogen) atoms. The average Bonchev–Trinajstić information content (AvgIpc) is 2.56. The van der Waals surface area contributed by atoms with Crippen LogP contribution in [-0.4, -0.2) is 9.36 Å². The van der Waals surface area contributed by atoms with Crippen molar-refractivity contribution >= 4 is 49.9 Å².